The van der Waals surface area contributed by atoms with E-state index in [-0.39, 0.29) is 0 Å². The van der Waals surface area contributed by atoms with Crippen LogP contribution >= 0.6 is 15.9 Å². The summed E-state index contributed by atoms with van der Waals surface area (Å²) < 4.78 is 5.53. The molecule has 0 spiro atoms. The molecule has 0 fully saturated rings. The van der Waals surface area contributed by atoms with Crippen LogP contribution in [0.1, 0.15) is 0 Å². The zero-order chi connectivity index (χ0) is 10.6. The van der Waals surface area contributed by atoms with E-state index in [0.29, 0.717) is 0 Å². The van der Waals surface area contributed by atoms with Gasteiger partial charge in [-0.25, -0.2) is 0 Å². The average Bonchev–Trinajstić information content (AvgIpc) is 2.68. The van der Waals surface area contributed by atoms with E-state index in [1.807, 2.05) is 0 Å². The molecule has 76 valence electrons. The number of hydrogen-bond donors (Lipinski definition) is 0. The highest BCUT2D eigenvalue weighted by Crippen LogP contribution is 2.31. The van der Waals surface area contributed by atoms with Crippen LogP contribution in [0.15, 0.2) is 34.9 Å². The highest BCUT2D eigenvalue weighted by atomic mass is 79.9. The minimum absolute atomic E-state index is 1.12. The lowest BCUT2D eigenvalue weighted by Crippen LogP contribution is -1.85. The molecule has 0 aliphatic rings. The fraction of sp³-hybridized carbons (Fsp3) is 0.167. The van der Waals surface area contributed by atoms with Gasteiger partial charge in [0.05, 0.1) is 21.2 Å². The number of halogens is 1. The van der Waals surface area contributed by atoms with E-state index in [1.54, 1.807) is 0 Å². The topological polar surface area (TPSA) is 9.86 Å². The number of aromatic nitrogens is 2. The maximum atomic E-state index is 3.56. The number of aryl methyl sites for hydroxylation is 2. The quantitative estimate of drug-likeness (QED) is 0.588. The lowest BCUT2D eigenvalue weighted by atomic mass is 10.2. The van der Waals surface area contributed by atoms with Crippen LogP contribution in [0.2, 0.25) is 0 Å². The summed E-state index contributed by atoms with van der Waals surface area (Å²) in [5, 5.41) is 1.31. The lowest BCUT2D eigenvalue weighted by molar-refractivity contribution is 0.945. The first-order chi connectivity index (χ1) is 7.20. The molecular weight excluding hydrogens is 252 g/mol. The van der Waals surface area contributed by atoms with Gasteiger partial charge in [0.25, 0.3) is 0 Å². The fourth-order valence-electron chi connectivity index (χ4n) is 2.23. The minimum atomic E-state index is 1.12. The Bertz CT molecular complexity index is 661. The van der Waals surface area contributed by atoms with Crippen LogP contribution in [0, 0.1) is 0 Å². The highest BCUT2D eigenvalue weighted by molar-refractivity contribution is 9.10. The van der Waals surface area contributed by atoms with Crippen molar-refractivity contribution in [2.45, 2.75) is 0 Å². The van der Waals surface area contributed by atoms with Crippen LogP contribution in [0.5, 0.6) is 0 Å². The van der Waals surface area contributed by atoms with Crippen molar-refractivity contribution in [3.8, 4) is 0 Å². The third-order valence-corrected chi connectivity index (χ3v) is 3.80. The number of nitrogens with zero attached hydrogens (tertiary/aromatic N) is 2. The molecule has 0 saturated carbocycles. The summed E-state index contributed by atoms with van der Waals surface area (Å²) in [6.45, 7) is 0. The van der Waals surface area contributed by atoms with Crippen LogP contribution in [-0.4, -0.2) is 9.13 Å². The summed E-state index contributed by atoms with van der Waals surface area (Å²) in [7, 11) is 4.19. The van der Waals surface area contributed by atoms with Gasteiger partial charge in [0.1, 0.15) is 0 Å². The fourth-order valence-corrected chi connectivity index (χ4v) is 2.62. The second-order valence-electron chi connectivity index (χ2n) is 3.84. The maximum absolute atomic E-state index is 3.56. The molecule has 3 aromatic rings. The number of rotatable bonds is 0. The monoisotopic (exact) mass is 262 g/mol. The van der Waals surface area contributed by atoms with E-state index in [2.05, 4.69) is 69.5 Å². The molecule has 15 heavy (non-hydrogen) atoms. The van der Waals surface area contributed by atoms with Gasteiger partial charge >= 0.3 is 0 Å². The van der Waals surface area contributed by atoms with Crippen molar-refractivity contribution in [3.63, 3.8) is 0 Å². The Balaban J connectivity index is 2.68. The molecule has 0 saturated heterocycles. The molecule has 0 radical (unpaired) electrons. The summed E-state index contributed by atoms with van der Waals surface area (Å²) in [5.74, 6) is 0. The molecule has 1 aromatic carbocycles. The smallest absolute Gasteiger partial charge is 0.0870 e. The van der Waals surface area contributed by atoms with Crippen molar-refractivity contribution in [2.75, 3.05) is 0 Å². The van der Waals surface area contributed by atoms with Gasteiger partial charge in [-0.3, -0.25) is 0 Å². The van der Waals surface area contributed by atoms with Crippen molar-refractivity contribution in [2.24, 2.45) is 14.1 Å². The van der Waals surface area contributed by atoms with E-state index < -0.39 is 0 Å². The van der Waals surface area contributed by atoms with Gasteiger partial charge in [0.15, 0.2) is 0 Å². The number of hydrogen-bond acceptors (Lipinski definition) is 0. The van der Waals surface area contributed by atoms with Crippen molar-refractivity contribution < 1.29 is 0 Å². The molecule has 0 bridgehead atoms. The van der Waals surface area contributed by atoms with Crippen molar-refractivity contribution in [1.82, 2.24) is 9.13 Å². The number of fused-ring (bicyclic) bond motifs is 3. The van der Waals surface area contributed by atoms with Crippen molar-refractivity contribution in [3.05, 3.63) is 34.9 Å². The molecule has 0 unspecified atom stereocenters. The van der Waals surface area contributed by atoms with Crippen LogP contribution in [-0.2, 0) is 14.1 Å². The Kier molecular flexibility index (Phi) is 1.74. The Morgan fingerprint density at radius 3 is 2.53 bits per heavy atom. The normalized spacial score (nSPS) is 11.7. The largest absolute Gasteiger partial charge is 0.342 e. The second kappa shape index (κ2) is 2.89. The van der Waals surface area contributed by atoms with Gasteiger partial charge in [-0.2, -0.15) is 0 Å². The molecule has 0 atom stereocenters. The van der Waals surface area contributed by atoms with Crippen LogP contribution in [0.3, 0.4) is 0 Å². The first-order valence-electron chi connectivity index (χ1n) is 4.88. The molecule has 2 nitrogen and oxygen atoms in total. The van der Waals surface area contributed by atoms with Gasteiger partial charge in [0, 0.05) is 19.5 Å². The summed E-state index contributed by atoms with van der Waals surface area (Å²) in [5.41, 5.74) is 3.84. The molecule has 2 heterocycles. The Labute approximate surface area is 96.2 Å². The van der Waals surface area contributed by atoms with Gasteiger partial charge in [-0.15, -0.1) is 0 Å². The number of para-hydroxylation sites is 1. The molecule has 0 aliphatic heterocycles. The lowest BCUT2D eigenvalue weighted by Gasteiger charge is -1.97. The molecule has 0 aliphatic carbocycles. The minimum Gasteiger partial charge on any atom is -0.342 e. The first kappa shape index (κ1) is 9.04. The molecule has 0 amide bonds. The van der Waals surface area contributed by atoms with Gasteiger partial charge in [0.2, 0.25) is 0 Å². The van der Waals surface area contributed by atoms with Crippen LogP contribution in [0.25, 0.3) is 21.9 Å². The summed E-state index contributed by atoms with van der Waals surface area (Å²) >= 11 is 3.56. The predicted molar refractivity (Wildman–Crippen MR) is 67.1 cm³/mol. The maximum Gasteiger partial charge on any atom is 0.0870 e. The van der Waals surface area contributed by atoms with E-state index in [1.165, 1.54) is 21.9 Å². The SMILES string of the molecule is Cn1c(Br)cc2c1c1ccccc1n2C. The van der Waals surface area contributed by atoms with Crippen molar-refractivity contribution >= 4 is 37.9 Å². The standard InChI is InChI=1S/C12H11BrN2/c1-14-9-6-4-3-5-8(9)12-10(14)7-11(13)15(12)2/h3-7H,1-2H3. The Hall–Kier alpha value is -1.22. The predicted octanol–water partition coefficient (Wildman–Crippen LogP) is 3.43. The van der Waals surface area contributed by atoms with E-state index >= 15 is 0 Å². The van der Waals surface area contributed by atoms with Crippen LogP contribution in [0.4, 0.5) is 0 Å². The Morgan fingerprint density at radius 1 is 1.00 bits per heavy atom. The summed E-state index contributed by atoms with van der Waals surface area (Å²) in [4.78, 5) is 0. The Morgan fingerprint density at radius 2 is 1.73 bits per heavy atom. The molecule has 0 N–H and O–H groups in total. The van der Waals surface area contributed by atoms with Crippen molar-refractivity contribution in [1.29, 1.82) is 0 Å². The zero-order valence-corrected chi connectivity index (χ0v) is 10.2. The number of benzene rings is 1. The molecule has 2 aromatic heterocycles. The third-order valence-electron chi connectivity index (χ3n) is 3.04. The van der Waals surface area contributed by atoms with Gasteiger partial charge < -0.3 is 9.13 Å². The van der Waals surface area contributed by atoms with E-state index in [0.717, 1.165) is 4.60 Å². The molecule has 3 heteroatoms. The summed E-state index contributed by atoms with van der Waals surface area (Å²) in [6.07, 6.45) is 0. The second-order valence-corrected chi connectivity index (χ2v) is 4.65. The third kappa shape index (κ3) is 1.04. The van der Waals surface area contributed by atoms with Crippen LogP contribution < -0.4 is 0 Å². The summed E-state index contributed by atoms with van der Waals surface area (Å²) in [6, 6.07) is 10.7. The van der Waals surface area contributed by atoms with Gasteiger partial charge in [-0.1, -0.05) is 18.2 Å². The van der Waals surface area contributed by atoms with E-state index in [4.69, 9.17) is 0 Å². The van der Waals surface area contributed by atoms with E-state index in [9.17, 15) is 0 Å². The average molecular weight is 263 g/mol. The highest BCUT2D eigenvalue weighted by Gasteiger charge is 2.12. The van der Waals surface area contributed by atoms with Gasteiger partial charge in [-0.05, 0) is 28.1 Å². The molecular formula is C12H11BrN2. The first-order valence-corrected chi connectivity index (χ1v) is 5.68. The zero-order valence-electron chi connectivity index (χ0n) is 8.66. The molecule has 3 rings (SSSR count).